The molecule has 0 aliphatic heterocycles. The molecule has 292 valence electrons. The van der Waals surface area contributed by atoms with Crippen molar-refractivity contribution in [2.45, 2.75) is 84.5 Å². The highest BCUT2D eigenvalue weighted by Gasteiger charge is 2.48. The quantitative estimate of drug-likeness (QED) is 0.177. The molecule has 0 fully saturated rings. The second kappa shape index (κ2) is 12.2. The van der Waals surface area contributed by atoms with E-state index in [9.17, 15) is 0 Å². The highest BCUT2D eigenvalue weighted by molar-refractivity contribution is 5.94. The van der Waals surface area contributed by atoms with Crippen LogP contribution in [0.5, 0.6) is 0 Å². The van der Waals surface area contributed by atoms with Gasteiger partial charge in [-0.15, -0.1) is 0 Å². The lowest BCUT2D eigenvalue weighted by Crippen LogP contribution is -2.28. The van der Waals surface area contributed by atoms with Gasteiger partial charge in [-0.05, 0) is 153 Å². The average Bonchev–Trinajstić information content (AvgIpc) is 3.87. The van der Waals surface area contributed by atoms with E-state index in [1.54, 1.807) is 11.1 Å². The number of para-hydroxylation sites is 1. The largest absolute Gasteiger partial charge is 0.313 e. The smallest absolute Gasteiger partial charge is 0.0534 e. The molecule has 2 heteroatoms. The van der Waals surface area contributed by atoms with E-state index in [1.165, 1.54) is 90.3 Å². The molecule has 3 unspecified atom stereocenters. The molecule has 0 N–H and O–H groups in total. The number of benzene rings is 4. The molecular formula is C57H54N2. The first-order chi connectivity index (χ1) is 28.5. The molecule has 12 rings (SSSR count). The molecule has 59 heavy (non-hydrogen) atoms. The fourth-order valence-corrected chi connectivity index (χ4v) is 12.9. The zero-order chi connectivity index (χ0) is 40.0. The molecule has 4 aromatic carbocycles. The Morgan fingerprint density at radius 1 is 0.661 bits per heavy atom. The van der Waals surface area contributed by atoms with Gasteiger partial charge in [-0.2, -0.15) is 0 Å². The predicted molar refractivity (Wildman–Crippen MR) is 249 cm³/mol. The van der Waals surface area contributed by atoms with Crippen molar-refractivity contribution in [3.8, 4) is 11.1 Å². The lowest BCUT2D eigenvalue weighted by Gasteiger charge is -2.36. The summed E-state index contributed by atoms with van der Waals surface area (Å²) in [6.45, 7) is 14.8. The highest BCUT2D eigenvalue weighted by atomic mass is 15.1. The summed E-state index contributed by atoms with van der Waals surface area (Å²) in [7, 11) is 0. The van der Waals surface area contributed by atoms with Gasteiger partial charge in [0.2, 0.25) is 0 Å². The molecule has 0 saturated heterocycles. The van der Waals surface area contributed by atoms with Crippen LogP contribution in [0.25, 0.3) is 39.4 Å². The van der Waals surface area contributed by atoms with Crippen molar-refractivity contribution in [2.75, 3.05) is 4.90 Å². The summed E-state index contributed by atoms with van der Waals surface area (Å²) in [6.07, 6.45) is 27.6. The summed E-state index contributed by atoms with van der Waals surface area (Å²) < 4.78 is 2.58. The Morgan fingerprint density at radius 3 is 2.25 bits per heavy atom. The number of fused-ring (bicyclic) bond motifs is 11. The molecule has 0 saturated carbocycles. The summed E-state index contributed by atoms with van der Waals surface area (Å²) in [5.41, 5.74) is 22.5. The second-order valence-corrected chi connectivity index (χ2v) is 20.0. The second-order valence-electron chi connectivity index (χ2n) is 20.0. The summed E-state index contributed by atoms with van der Waals surface area (Å²) in [6, 6.07) is 32.8. The molecule has 0 spiro atoms. The Kier molecular flexibility index (Phi) is 7.33. The Morgan fingerprint density at radius 2 is 1.39 bits per heavy atom. The van der Waals surface area contributed by atoms with E-state index in [1.807, 2.05) is 0 Å². The maximum atomic E-state index is 2.64. The molecule has 0 radical (unpaired) electrons. The van der Waals surface area contributed by atoms with Gasteiger partial charge < -0.3 is 9.47 Å². The van der Waals surface area contributed by atoms with Gasteiger partial charge in [0.05, 0.1) is 5.52 Å². The SMILES string of the molecule is CC1(C)c2ccccc2-c2ccc(N(C3=CC4C(C=C3)C3=C(CCC=C3)C4(C)C)c3ccc4c(c3)C(C)(C)C3CC(n5c6c(c7ccccc75)CCC=C6)=CC=C43)cc21. The first-order valence-electron chi connectivity index (χ1n) is 22.2. The number of rotatable bonds is 4. The topological polar surface area (TPSA) is 8.17 Å². The number of hydrogen-bond acceptors (Lipinski definition) is 1. The molecule has 1 aromatic heterocycles. The Labute approximate surface area is 350 Å². The Bertz CT molecular complexity index is 2900. The summed E-state index contributed by atoms with van der Waals surface area (Å²) >= 11 is 0. The fourth-order valence-electron chi connectivity index (χ4n) is 12.9. The molecule has 3 atom stereocenters. The number of anilines is 2. The first-order valence-corrected chi connectivity index (χ1v) is 22.2. The minimum atomic E-state index is -0.0782. The van der Waals surface area contributed by atoms with Gasteiger partial charge in [0, 0.05) is 45.2 Å². The van der Waals surface area contributed by atoms with Crippen molar-refractivity contribution < 1.29 is 0 Å². The maximum Gasteiger partial charge on any atom is 0.0534 e. The van der Waals surface area contributed by atoms with Crippen LogP contribution in [0.3, 0.4) is 0 Å². The number of nitrogens with zero attached hydrogens (tertiary/aromatic N) is 2. The Hall–Kier alpha value is -5.60. The molecule has 5 aromatic rings. The average molecular weight is 767 g/mol. The molecule has 1 heterocycles. The van der Waals surface area contributed by atoms with Crippen molar-refractivity contribution in [3.05, 3.63) is 184 Å². The molecule has 7 aliphatic rings. The third kappa shape index (κ3) is 4.81. The van der Waals surface area contributed by atoms with Gasteiger partial charge in [-0.1, -0.05) is 138 Å². The first kappa shape index (κ1) is 35.4. The fraction of sp³-hybridized carbons (Fsp3) is 0.298. The lowest BCUT2D eigenvalue weighted by atomic mass is 9.72. The Balaban J connectivity index is 0.979. The van der Waals surface area contributed by atoms with Crippen LogP contribution in [-0.2, 0) is 17.3 Å². The van der Waals surface area contributed by atoms with Gasteiger partial charge in [0.15, 0.2) is 0 Å². The maximum absolute atomic E-state index is 2.64. The minimum absolute atomic E-state index is 0.0482. The van der Waals surface area contributed by atoms with Crippen LogP contribution >= 0.6 is 0 Å². The van der Waals surface area contributed by atoms with E-state index >= 15 is 0 Å². The van der Waals surface area contributed by atoms with Crippen LogP contribution in [0.2, 0.25) is 0 Å². The van der Waals surface area contributed by atoms with Gasteiger partial charge in [-0.3, -0.25) is 0 Å². The van der Waals surface area contributed by atoms with Gasteiger partial charge in [0.25, 0.3) is 0 Å². The van der Waals surface area contributed by atoms with Crippen LogP contribution in [0.1, 0.15) is 101 Å². The molecule has 0 amide bonds. The number of aromatic nitrogens is 1. The van der Waals surface area contributed by atoms with E-state index in [-0.39, 0.29) is 16.2 Å². The summed E-state index contributed by atoms with van der Waals surface area (Å²) in [4.78, 5) is 2.59. The van der Waals surface area contributed by atoms with Crippen molar-refractivity contribution in [1.29, 1.82) is 0 Å². The highest BCUT2D eigenvalue weighted by Crippen LogP contribution is 2.59. The van der Waals surface area contributed by atoms with Crippen LogP contribution in [0, 0.1) is 23.2 Å². The standard InChI is InChI=1S/C57H54N2/c1-55(2)47-19-11-7-15-39(47)41-27-23-35(31-49(41)55)58(36-24-28-42-40-16-8-12-20-48(40)56(3,4)50(42)32-36)37-25-29-43-44-30-26-38(34-52(44)57(5,6)51(43)33-37)59-53-21-13-9-17-45(53)46-18-10-14-22-54(46)59/h7-9,11,13-17,19,21-33,42,50,52H,10,12,18,20,34H2,1-6H3. The van der Waals surface area contributed by atoms with E-state index < -0.39 is 0 Å². The molecular weight excluding hydrogens is 713 g/mol. The molecule has 0 bridgehead atoms. The van der Waals surface area contributed by atoms with Gasteiger partial charge >= 0.3 is 0 Å². The third-order valence-electron chi connectivity index (χ3n) is 16.0. The van der Waals surface area contributed by atoms with Gasteiger partial charge in [0.1, 0.15) is 0 Å². The van der Waals surface area contributed by atoms with Crippen molar-refractivity contribution in [3.63, 3.8) is 0 Å². The normalized spacial score (nSPS) is 24.4. The monoisotopic (exact) mass is 766 g/mol. The third-order valence-corrected chi connectivity index (χ3v) is 16.0. The summed E-state index contributed by atoms with van der Waals surface area (Å²) in [5.74, 6) is 1.25. The van der Waals surface area contributed by atoms with Gasteiger partial charge in [-0.25, -0.2) is 0 Å². The number of hydrogen-bond donors (Lipinski definition) is 0. The van der Waals surface area contributed by atoms with E-state index in [0.717, 1.165) is 25.7 Å². The van der Waals surface area contributed by atoms with Crippen LogP contribution in [0.4, 0.5) is 11.4 Å². The van der Waals surface area contributed by atoms with E-state index in [0.29, 0.717) is 17.8 Å². The van der Waals surface area contributed by atoms with Crippen LogP contribution < -0.4 is 4.90 Å². The number of aryl methyl sites for hydroxylation is 1. The number of allylic oxidation sites excluding steroid dienone is 12. The molecule has 2 nitrogen and oxygen atoms in total. The van der Waals surface area contributed by atoms with Crippen molar-refractivity contribution in [1.82, 2.24) is 4.57 Å². The van der Waals surface area contributed by atoms with Crippen molar-refractivity contribution >= 4 is 39.6 Å². The lowest BCUT2D eigenvalue weighted by molar-refractivity contribution is 0.308. The van der Waals surface area contributed by atoms with E-state index in [2.05, 4.69) is 191 Å². The predicted octanol–water partition coefficient (Wildman–Crippen LogP) is 14.7. The summed E-state index contributed by atoms with van der Waals surface area (Å²) in [5, 5.41) is 1.41. The molecule has 7 aliphatic carbocycles. The minimum Gasteiger partial charge on any atom is -0.313 e. The van der Waals surface area contributed by atoms with E-state index in [4.69, 9.17) is 0 Å². The van der Waals surface area contributed by atoms with Crippen molar-refractivity contribution in [2.24, 2.45) is 23.2 Å². The zero-order valence-corrected chi connectivity index (χ0v) is 35.4. The van der Waals surface area contributed by atoms with Crippen LogP contribution in [0.15, 0.2) is 150 Å². The van der Waals surface area contributed by atoms with Crippen LogP contribution in [-0.4, -0.2) is 4.57 Å². The zero-order valence-electron chi connectivity index (χ0n) is 35.4.